The van der Waals surface area contributed by atoms with Crippen LogP contribution in [0, 0.1) is 18.3 Å². The molecule has 0 aliphatic carbocycles. The van der Waals surface area contributed by atoms with Crippen molar-refractivity contribution in [2.24, 2.45) is 11.7 Å². The standard InChI is InChI=1S/C9H15NO2/c1-5-7(2)6-9(3,4)12-8(10)11/h1,7H,6H2,2-4H3,(H2,10,11). The minimum atomic E-state index is -0.760. The first-order valence-corrected chi connectivity index (χ1v) is 3.82. The first-order chi connectivity index (χ1) is 5.37. The number of rotatable bonds is 3. The Morgan fingerprint density at radius 1 is 1.75 bits per heavy atom. The van der Waals surface area contributed by atoms with E-state index in [0.717, 1.165) is 0 Å². The Hall–Kier alpha value is -1.17. The number of terminal acetylenes is 1. The third-order valence-corrected chi connectivity index (χ3v) is 1.46. The highest BCUT2D eigenvalue weighted by Gasteiger charge is 2.23. The summed E-state index contributed by atoms with van der Waals surface area (Å²) in [6.07, 6.45) is 5.05. The average molecular weight is 169 g/mol. The molecule has 0 rings (SSSR count). The van der Waals surface area contributed by atoms with Crippen LogP contribution in [0.5, 0.6) is 0 Å². The fraction of sp³-hybridized carbons (Fsp3) is 0.667. The molecule has 1 atom stereocenters. The fourth-order valence-electron chi connectivity index (χ4n) is 1.11. The lowest BCUT2D eigenvalue weighted by atomic mass is 9.95. The van der Waals surface area contributed by atoms with E-state index in [1.165, 1.54) is 0 Å². The molecule has 1 amide bonds. The summed E-state index contributed by atoms with van der Waals surface area (Å²) in [6, 6.07) is 0. The molecule has 0 bridgehead atoms. The minimum absolute atomic E-state index is 0.0827. The monoisotopic (exact) mass is 169 g/mol. The average Bonchev–Trinajstić information content (AvgIpc) is 1.83. The molecule has 0 saturated heterocycles. The maximum absolute atomic E-state index is 10.4. The molecule has 0 aliphatic heterocycles. The zero-order valence-corrected chi connectivity index (χ0v) is 7.76. The molecule has 2 N–H and O–H groups in total. The van der Waals surface area contributed by atoms with Crippen molar-refractivity contribution in [1.29, 1.82) is 0 Å². The third kappa shape index (κ3) is 4.62. The van der Waals surface area contributed by atoms with Gasteiger partial charge in [-0.25, -0.2) is 4.79 Å². The van der Waals surface area contributed by atoms with Crippen molar-refractivity contribution in [3.8, 4) is 12.3 Å². The molecule has 12 heavy (non-hydrogen) atoms. The summed E-state index contributed by atoms with van der Waals surface area (Å²) < 4.78 is 4.85. The molecule has 68 valence electrons. The Morgan fingerprint density at radius 3 is 2.58 bits per heavy atom. The van der Waals surface area contributed by atoms with Crippen LogP contribution in [0.3, 0.4) is 0 Å². The van der Waals surface area contributed by atoms with Crippen molar-refractivity contribution < 1.29 is 9.53 Å². The minimum Gasteiger partial charge on any atom is -0.444 e. The number of carbonyl (C=O) groups is 1. The molecule has 0 saturated carbocycles. The van der Waals surface area contributed by atoms with Gasteiger partial charge in [-0.15, -0.1) is 12.3 Å². The zero-order valence-electron chi connectivity index (χ0n) is 7.76. The Balaban J connectivity index is 4.05. The summed E-state index contributed by atoms with van der Waals surface area (Å²) in [7, 11) is 0. The number of nitrogens with two attached hydrogens (primary N) is 1. The van der Waals surface area contributed by atoms with Crippen molar-refractivity contribution in [3.63, 3.8) is 0 Å². The quantitative estimate of drug-likeness (QED) is 0.651. The molecular formula is C9H15NO2. The second kappa shape index (κ2) is 4.01. The lowest BCUT2D eigenvalue weighted by molar-refractivity contribution is 0.0332. The van der Waals surface area contributed by atoms with Gasteiger partial charge in [0.25, 0.3) is 0 Å². The van der Waals surface area contributed by atoms with E-state index in [9.17, 15) is 4.79 Å². The van der Waals surface area contributed by atoms with Gasteiger partial charge in [-0.05, 0) is 13.8 Å². The van der Waals surface area contributed by atoms with E-state index in [-0.39, 0.29) is 5.92 Å². The number of hydrogen-bond acceptors (Lipinski definition) is 2. The smallest absolute Gasteiger partial charge is 0.405 e. The number of carbonyl (C=O) groups excluding carboxylic acids is 1. The Morgan fingerprint density at radius 2 is 2.25 bits per heavy atom. The second-order valence-corrected chi connectivity index (χ2v) is 3.45. The SMILES string of the molecule is C#CC(C)CC(C)(C)OC(N)=O. The van der Waals surface area contributed by atoms with Crippen LogP contribution in [0.25, 0.3) is 0 Å². The molecule has 1 unspecified atom stereocenters. The highest BCUT2D eigenvalue weighted by molar-refractivity contribution is 5.65. The molecule has 0 aromatic rings. The molecule has 0 radical (unpaired) electrons. The highest BCUT2D eigenvalue weighted by atomic mass is 16.6. The van der Waals surface area contributed by atoms with Gasteiger partial charge < -0.3 is 10.5 Å². The van der Waals surface area contributed by atoms with E-state index in [4.69, 9.17) is 16.9 Å². The van der Waals surface area contributed by atoms with Gasteiger partial charge in [0.1, 0.15) is 5.60 Å². The number of amides is 1. The zero-order chi connectivity index (χ0) is 9.78. The molecule has 0 heterocycles. The van der Waals surface area contributed by atoms with Crippen molar-refractivity contribution in [2.45, 2.75) is 32.8 Å². The van der Waals surface area contributed by atoms with Gasteiger partial charge in [0, 0.05) is 12.3 Å². The van der Waals surface area contributed by atoms with E-state index in [1.807, 2.05) is 6.92 Å². The maximum atomic E-state index is 10.4. The van der Waals surface area contributed by atoms with E-state index >= 15 is 0 Å². The normalized spacial score (nSPS) is 13.2. The summed E-state index contributed by atoms with van der Waals surface area (Å²) in [5, 5.41) is 0. The van der Waals surface area contributed by atoms with Crippen LogP contribution in [0.1, 0.15) is 27.2 Å². The highest BCUT2D eigenvalue weighted by Crippen LogP contribution is 2.19. The van der Waals surface area contributed by atoms with Gasteiger partial charge in [-0.3, -0.25) is 0 Å². The van der Waals surface area contributed by atoms with Gasteiger partial charge in [-0.2, -0.15) is 0 Å². The molecule has 0 aromatic carbocycles. The summed E-state index contributed by atoms with van der Waals surface area (Å²) in [6.45, 7) is 5.46. The lowest BCUT2D eigenvalue weighted by Crippen LogP contribution is -2.32. The van der Waals surface area contributed by atoms with Crippen molar-refractivity contribution >= 4 is 6.09 Å². The Kier molecular flexibility index (Phi) is 3.62. The molecule has 0 fully saturated rings. The molecule has 0 spiro atoms. The van der Waals surface area contributed by atoms with Crippen LogP contribution in [0.4, 0.5) is 4.79 Å². The largest absolute Gasteiger partial charge is 0.444 e. The summed E-state index contributed by atoms with van der Waals surface area (Å²) in [5.41, 5.74) is 4.31. The summed E-state index contributed by atoms with van der Waals surface area (Å²) in [4.78, 5) is 10.4. The van der Waals surface area contributed by atoms with Crippen molar-refractivity contribution in [2.75, 3.05) is 0 Å². The van der Waals surface area contributed by atoms with Crippen LogP contribution in [0.15, 0.2) is 0 Å². The number of hydrogen-bond donors (Lipinski definition) is 1. The van der Waals surface area contributed by atoms with Crippen LogP contribution in [0.2, 0.25) is 0 Å². The van der Waals surface area contributed by atoms with Crippen LogP contribution < -0.4 is 5.73 Å². The van der Waals surface area contributed by atoms with Gasteiger partial charge >= 0.3 is 6.09 Å². The topological polar surface area (TPSA) is 52.3 Å². The van der Waals surface area contributed by atoms with Crippen LogP contribution >= 0.6 is 0 Å². The second-order valence-electron chi connectivity index (χ2n) is 3.45. The molecule has 3 heteroatoms. The van der Waals surface area contributed by atoms with E-state index in [0.29, 0.717) is 6.42 Å². The van der Waals surface area contributed by atoms with Crippen LogP contribution in [-0.2, 0) is 4.74 Å². The summed E-state index contributed by atoms with van der Waals surface area (Å²) in [5.74, 6) is 2.64. The van der Waals surface area contributed by atoms with E-state index < -0.39 is 11.7 Å². The molecule has 0 aliphatic rings. The van der Waals surface area contributed by atoms with Crippen LogP contribution in [-0.4, -0.2) is 11.7 Å². The maximum Gasteiger partial charge on any atom is 0.405 e. The molecule has 0 aromatic heterocycles. The first-order valence-electron chi connectivity index (χ1n) is 3.82. The predicted octanol–water partition coefficient (Wildman–Crippen LogP) is 1.52. The lowest BCUT2D eigenvalue weighted by Gasteiger charge is -2.25. The summed E-state index contributed by atoms with van der Waals surface area (Å²) >= 11 is 0. The van der Waals surface area contributed by atoms with E-state index in [1.54, 1.807) is 13.8 Å². The molecule has 3 nitrogen and oxygen atoms in total. The Bertz CT molecular complexity index is 203. The van der Waals surface area contributed by atoms with Gasteiger partial charge in [-0.1, -0.05) is 6.92 Å². The number of ether oxygens (including phenoxy) is 1. The predicted molar refractivity (Wildman–Crippen MR) is 47.4 cm³/mol. The van der Waals surface area contributed by atoms with Crippen molar-refractivity contribution in [1.82, 2.24) is 0 Å². The molecular weight excluding hydrogens is 154 g/mol. The van der Waals surface area contributed by atoms with Crippen molar-refractivity contribution in [3.05, 3.63) is 0 Å². The van der Waals surface area contributed by atoms with Gasteiger partial charge in [0.05, 0.1) is 0 Å². The van der Waals surface area contributed by atoms with Gasteiger partial charge in [0.15, 0.2) is 0 Å². The Labute approximate surface area is 73.3 Å². The van der Waals surface area contributed by atoms with Gasteiger partial charge in [0.2, 0.25) is 0 Å². The number of primary amides is 1. The third-order valence-electron chi connectivity index (χ3n) is 1.46. The van der Waals surface area contributed by atoms with E-state index in [2.05, 4.69) is 5.92 Å². The first kappa shape index (κ1) is 10.8. The fourth-order valence-corrected chi connectivity index (χ4v) is 1.11.